The number of hydrogen-bond donors (Lipinski definition) is 2. The largest absolute Gasteiger partial charge is 1.00 e. The van der Waals surface area contributed by atoms with E-state index in [2.05, 4.69) is 0 Å². The van der Waals surface area contributed by atoms with Crippen LogP contribution in [0.25, 0.3) is 0 Å². The smallest absolute Gasteiger partial charge is 0.545 e. The van der Waals surface area contributed by atoms with Gasteiger partial charge in [-0.3, -0.25) is 29.3 Å². The van der Waals surface area contributed by atoms with Gasteiger partial charge in [-0.25, -0.2) is 0 Å². The predicted octanol–water partition coefficient (Wildman–Crippen LogP) is -7.58. The van der Waals surface area contributed by atoms with Gasteiger partial charge in [0.1, 0.15) is 0 Å². The fraction of sp³-hybridized carbons (Fsp3) is 0. The van der Waals surface area contributed by atoms with Crippen molar-refractivity contribution < 1.29 is 115 Å². The van der Waals surface area contributed by atoms with Crippen LogP contribution in [0.4, 0.5) is 11.4 Å². The van der Waals surface area contributed by atoms with Crippen molar-refractivity contribution in [1.29, 1.82) is 0 Å². The first-order chi connectivity index (χ1) is 14.5. The Kier molecular flexibility index (Phi) is 13.3. The van der Waals surface area contributed by atoms with Gasteiger partial charge in [0.2, 0.25) is 0 Å². The van der Waals surface area contributed by atoms with Crippen LogP contribution in [-0.2, 0) is 20.2 Å². The predicted molar refractivity (Wildman–Crippen MR) is 94.5 cm³/mol. The van der Waals surface area contributed by atoms with Gasteiger partial charge in [-0.05, 0) is 24.3 Å². The molecular weight excluding hydrogens is 530 g/mol. The first kappa shape index (κ1) is 34.2. The van der Waals surface area contributed by atoms with Crippen molar-refractivity contribution in [3.63, 3.8) is 0 Å². The molecule has 2 rings (SSSR count). The molecule has 0 heterocycles. The van der Waals surface area contributed by atoms with Crippen LogP contribution >= 0.6 is 0 Å². The number of rotatable bonds is 6. The van der Waals surface area contributed by atoms with E-state index in [1.54, 1.807) is 0 Å². The number of aromatic carboxylic acids is 2. The number of hydrogen-bond acceptors (Lipinski definition) is 12. The summed E-state index contributed by atoms with van der Waals surface area (Å²) < 4.78 is 59.9. The van der Waals surface area contributed by atoms with Crippen LogP contribution in [0, 0.1) is 20.2 Å². The molecule has 0 aromatic heterocycles. The number of carboxylic acids is 2. The maximum absolute atomic E-state index is 10.7. The molecule has 0 radical (unpaired) electrons. The van der Waals surface area contributed by atoms with E-state index in [-0.39, 0.29) is 59.1 Å². The monoisotopic (exact) mass is 538 g/mol. The van der Waals surface area contributed by atoms with Gasteiger partial charge >= 0.3 is 59.1 Å². The second kappa shape index (κ2) is 13.2. The molecular formula is C14H8N2Na2O14S2. The standard InChI is InChI=1S/2C7H5NO7S.2Na/c2*9-7(10)5-3-4(16(13,14)15)1-2-6(5)8(11)12;;/h2*1-3H,(H,9,10)(H,13,14,15);;/q;;2*+1/p-2. The number of nitrogens with zero attached hydrogens (tertiary/aromatic N) is 2. The Morgan fingerprint density at radius 1 is 0.676 bits per heavy atom. The summed E-state index contributed by atoms with van der Waals surface area (Å²) in [7, 11) is -9.23. The van der Waals surface area contributed by atoms with E-state index in [1.165, 1.54) is 0 Å². The summed E-state index contributed by atoms with van der Waals surface area (Å²) in [6, 6.07) is 3.69. The molecule has 0 saturated carbocycles. The molecule has 172 valence electrons. The maximum atomic E-state index is 10.7. The summed E-state index contributed by atoms with van der Waals surface area (Å²) in [6.45, 7) is 0. The van der Waals surface area contributed by atoms with Gasteiger partial charge in [-0.2, -0.15) is 16.8 Å². The number of benzene rings is 2. The van der Waals surface area contributed by atoms with Crippen LogP contribution in [0.5, 0.6) is 0 Å². The first-order valence-corrected chi connectivity index (χ1v) is 10.3. The van der Waals surface area contributed by atoms with Crippen LogP contribution in [0.1, 0.15) is 20.7 Å². The fourth-order valence-corrected chi connectivity index (χ4v) is 3.01. The SMILES string of the molecule is O=C([O-])c1cc(S(=O)(=O)O)ccc1[N+](=O)[O-].O=C([O-])c1cc(S(=O)(=O)O)ccc1[N+](=O)[O-].[Na+].[Na+]. The number of carboxylic acid groups (broad SMARTS) is 2. The minimum atomic E-state index is -4.62. The summed E-state index contributed by atoms with van der Waals surface area (Å²) >= 11 is 0. The van der Waals surface area contributed by atoms with Gasteiger partial charge in [0.15, 0.2) is 0 Å². The first-order valence-electron chi connectivity index (χ1n) is 7.41. The molecule has 20 heteroatoms. The van der Waals surface area contributed by atoms with Crippen LogP contribution < -0.4 is 69.3 Å². The summed E-state index contributed by atoms with van der Waals surface area (Å²) in [5, 5.41) is 41.8. The van der Waals surface area contributed by atoms with Crippen molar-refractivity contribution in [3.8, 4) is 0 Å². The molecule has 0 bridgehead atoms. The summed E-state index contributed by atoms with van der Waals surface area (Å²) in [5.74, 6) is -3.81. The molecule has 0 amide bonds. The van der Waals surface area contributed by atoms with Crippen LogP contribution in [0.2, 0.25) is 0 Å². The zero-order valence-corrected chi connectivity index (χ0v) is 22.6. The molecule has 2 N–H and O–H groups in total. The summed E-state index contributed by atoms with van der Waals surface area (Å²) in [5.41, 5.74) is -3.46. The van der Waals surface area contributed by atoms with Gasteiger partial charge in [-0.1, -0.05) is 0 Å². The third kappa shape index (κ3) is 9.33. The third-order valence-corrected chi connectivity index (χ3v) is 5.06. The van der Waals surface area contributed by atoms with E-state index in [0.717, 1.165) is 12.1 Å². The molecule has 0 fully saturated rings. The average Bonchev–Trinajstić information content (AvgIpc) is 2.65. The Morgan fingerprint density at radius 3 is 1.12 bits per heavy atom. The fourth-order valence-electron chi connectivity index (χ4n) is 2.00. The molecule has 0 atom stereocenters. The van der Waals surface area contributed by atoms with Crippen molar-refractivity contribution in [2.24, 2.45) is 0 Å². The molecule has 0 spiro atoms. The van der Waals surface area contributed by atoms with Gasteiger partial charge in [-0.15, -0.1) is 0 Å². The zero-order chi connectivity index (χ0) is 25.0. The molecule has 2 aromatic carbocycles. The Hall–Kier alpha value is -2.00. The molecule has 0 unspecified atom stereocenters. The van der Waals surface area contributed by atoms with Gasteiger partial charge in [0, 0.05) is 12.1 Å². The topological polar surface area (TPSA) is 275 Å². The quantitative estimate of drug-likeness (QED) is 0.150. The Balaban J connectivity index is 0. The van der Waals surface area contributed by atoms with E-state index in [0.29, 0.717) is 24.3 Å². The van der Waals surface area contributed by atoms with E-state index in [1.807, 2.05) is 0 Å². The van der Waals surface area contributed by atoms with Crippen molar-refractivity contribution in [3.05, 3.63) is 67.8 Å². The second-order valence-corrected chi connectivity index (χ2v) is 8.24. The molecule has 0 aliphatic heterocycles. The van der Waals surface area contributed by atoms with E-state index >= 15 is 0 Å². The molecule has 0 saturated heterocycles. The van der Waals surface area contributed by atoms with Crippen LogP contribution in [-0.4, -0.2) is 47.7 Å². The van der Waals surface area contributed by atoms with Gasteiger partial charge in [0.05, 0.1) is 42.7 Å². The number of nitro benzene ring substituents is 2. The van der Waals surface area contributed by atoms with Crippen molar-refractivity contribution in [2.45, 2.75) is 9.79 Å². The summed E-state index contributed by atoms with van der Waals surface area (Å²) in [4.78, 5) is 38.3. The van der Waals surface area contributed by atoms with Crippen LogP contribution in [0.3, 0.4) is 0 Å². The minimum absolute atomic E-state index is 0. The molecule has 16 nitrogen and oxygen atoms in total. The Morgan fingerprint density at radius 2 is 0.941 bits per heavy atom. The second-order valence-electron chi connectivity index (χ2n) is 5.40. The Bertz CT molecular complexity index is 1240. The molecule has 0 aliphatic carbocycles. The van der Waals surface area contributed by atoms with E-state index in [4.69, 9.17) is 9.11 Å². The third-order valence-electron chi connectivity index (χ3n) is 3.36. The number of carbonyl (C=O) groups excluding carboxylic acids is 2. The average molecular weight is 538 g/mol. The van der Waals surface area contributed by atoms with Gasteiger partial charge < -0.3 is 19.8 Å². The molecule has 34 heavy (non-hydrogen) atoms. The number of carbonyl (C=O) groups is 2. The molecule has 2 aromatic rings. The number of nitro groups is 2. The molecule has 0 aliphatic rings. The van der Waals surface area contributed by atoms with E-state index < -0.39 is 74.3 Å². The summed E-state index contributed by atoms with van der Waals surface area (Å²) in [6.07, 6.45) is 0. The minimum Gasteiger partial charge on any atom is -0.545 e. The normalized spacial score (nSPS) is 10.4. The van der Waals surface area contributed by atoms with Crippen molar-refractivity contribution in [1.82, 2.24) is 0 Å². The zero-order valence-electron chi connectivity index (χ0n) is 17.0. The Labute approximate surface area is 234 Å². The van der Waals surface area contributed by atoms with Crippen molar-refractivity contribution >= 4 is 43.5 Å². The van der Waals surface area contributed by atoms with Gasteiger partial charge in [0.25, 0.3) is 31.6 Å². The van der Waals surface area contributed by atoms with E-state index in [9.17, 15) is 56.9 Å². The van der Waals surface area contributed by atoms with Crippen LogP contribution in [0.15, 0.2) is 46.2 Å². The van der Waals surface area contributed by atoms with Crippen molar-refractivity contribution in [2.75, 3.05) is 0 Å². The maximum Gasteiger partial charge on any atom is 1.00 e.